The third-order valence-electron chi connectivity index (χ3n) is 4.10. The maximum Gasteiger partial charge on any atom is 0.270 e. The minimum Gasteiger partial charge on any atom is -0.351 e. The van der Waals surface area contributed by atoms with Gasteiger partial charge in [0.25, 0.3) is 5.91 Å². The lowest BCUT2D eigenvalue weighted by atomic mass is 10.1. The number of amides is 2. The van der Waals surface area contributed by atoms with Crippen molar-refractivity contribution in [1.82, 2.24) is 15.3 Å². The predicted octanol–water partition coefficient (Wildman–Crippen LogP) is 3.54. The number of rotatable bonds is 8. The van der Waals surface area contributed by atoms with Gasteiger partial charge in [0.1, 0.15) is 5.69 Å². The Balaban J connectivity index is 1.54. The number of nitrogens with zero attached hydrogens (tertiary/aromatic N) is 2. The maximum atomic E-state index is 12.4. The molecule has 1 aromatic heterocycles. The lowest BCUT2D eigenvalue weighted by Gasteiger charge is -2.09. The number of aromatic nitrogens is 2. The van der Waals surface area contributed by atoms with Crippen molar-refractivity contribution in [3.8, 4) is 0 Å². The molecule has 0 aliphatic rings. The Morgan fingerprint density at radius 3 is 2.55 bits per heavy atom. The van der Waals surface area contributed by atoms with Crippen LogP contribution in [0.1, 0.15) is 29.4 Å². The standard InChI is InChI=1S/C22H23N5O2/c1-16(28)25-18-10-5-11-19(15-18)26-22-24-14-12-20(27-22)21(29)23-13-6-9-17-7-3-2-4-8-17/h2-5,7-8,10-12,14-15H,6,9,13H2,1H3,(H,23,29)(H,25,28)(H,24,26,27). The lowest BCUT2D eigenvalue weighted by Crippen LogP contribution is -2.26. The number of carbonyl (C=O) groups is 2. The summed E-state index contributed by atoms with van der Waals surface area (Å²) in [6.07, 6.45) is 3.29. The van der Waals surface area contributed by atoms with Gasteiger partial charge in [-0.2, -0.15) is 0 Å². The zero-order valence-electron chi connectivity index (χ0n) is 16.2. The Hall–Kier alpha value is -3.74. The zero-order valence-corrected chi connectivity index (χ0v) is 16.2. The first-order valence-corrected chi connectivity index (χ1v) is 9.40. The number of benzene rings is 2. The van der Waals surface area contributed by atoms with E-state index < -0.39 is 0 Å². The van der Waals surface area contributed by atoms with Crippen LogP contribution in [0.2, 0.25) is 0 Å². The van der Waals surface area contributed by atoms with Crippen molar-refractivity contribution in [3.05, 3.63) is 78.1 Å². The van der Waals surface area contributed by atoms with Crippen molar-refractivity contribution >= 4 is 29.1 Å². The lowest BCUT2D eigenvalue weighted by molar-refractivity contribution is -0.114. The van der Waals surface area contributed by atoms with E-state index in [0.717, 1.165) is 12.8 Å². The first-order chi connectivity index (χ1) is 14.1. The van der Waals surface area contributed by atoms with Gasteiger partial charge < -0.3 is 16.0 Å². The maximum absolute atomic E-state index is 12.4. The number of nitrogens with one attached hydrogen (secondary N) is 3. The molecular weight excluding hydrogens is 366 g/mol. The number of anilines is 3. The number of carbonyl (C=O) groups excluding carboxylic acids is 2. The van der Waals surface area contributed by atoms with E-state index in [1.54, 1.807) is 24.3 Å². The highest BCUT2D eigenvalue weighted by molar-refractivity contribution is 5.92. The molecule has 2 aromatic carbocycles. The van der Waals surface area contributed by atoms with Crippen LogP contribution in [0.4, 0.5) is 17.3 Å². The van der Waals surface area contributed by atoms with Crippen molar-refractivity contribution in [2.45, 2.75) is 19.8 Å². The average Bonchev–Trinajstić information content (AvgIpc) is 2.72. The molecular formula is C22H23N5O2. The van der Waals surface area contributed by atoms with Crippen molar-refractivity contribution in [3.63, 3.8) is 0 Å². The van der Waals surface area contributed by atoms with Gasteiger partial charge >= 0.3 is 0 Å². The average molecular weight is 389 g/mol. The number of hydrogen-bond donors (Lipinski definition) is 3. The van der Waals surface area contributed by atoms with Crippen molar-refractivity contribution in [2.24, 2.45) is 0 Å². The predicted molar refractivity (Wildman–Crippen MR) is 113 cm³/mol. The van der Waals surface area contributed by atoms with E-state index in [1.807, 2.05) is 24.3 Å². The molecule has 0 bridgehead atoms. The highest BCUT2D eigenvalue weighted by atomic mass is 16.2. The van der Waals surface area contributed by atoms with E-state index in [9.17, 15) is 9.59 Å². The second kappa shape index (κ2) is 9.98. The van der Waals surface area contributed by atoms with E-state index in [1.165, 1.54) is 18.7 Å². The largest absolute Gasteiger partial charge is 0.351 e. The first kappa shape index (κ1) is 20.0. The second-order valence-electron chi connectivity index (χ2n) is 6.50. The van der Waals surface area contributed by atoms with Crippen molar-refractivity contribution in [2.75, 3.05) is 17.2 Å². The van der Waals surface area contributed by atoms with E-state index in [4.69, 9.17) is 0 Å². The van der Waals surface area contributed by atoms with E-state index in [0.29, 0.717) is 29.6 Å². The Morgan fingerprint density at radius 2 is 1.76 bits per heavy atom. The molecule has 3 rings (SSSR count). The molecule has 7 heteroatoms. The Bertz CT molecular complexity index is 976. The fourth-order valence-electron chi connectivity index (χ4n) is 2.78. The summed E-state index contributed by atoms with van der Waals surface area (Å²) >= 11 is 0. The normalized spacial score (nSPS) is 10.2. The van der Waals surface area contributed by atoms with Gasteiger partial charge in [0.05, 0.1) is 0 Å². The second-order valence-corrected chi connectivity index (χ2v) is 6.50. The zero-order chi connectivity index (χ0) is 20.5. The van der Waals surface area contributed by atoms with Crippen molar-refractivity contribution < 1.29 is 9.59 Å². The molecule has 0 unspecified atom stereocenters. The van der Waals surface area contributed by atoms with E-state index in [-0.39, 0.29) is 11.8 Å². The van der Waals surface area contributed by atoms with Crippen LogP contribution in [0.5, 0.6) is 0 Å². The molecule has 1 heterocycles. The Morgan fingerprint density at radius 1 is 0.966 bits per heavy atom. The SMILES string of the molecule is CC(=O)Nc1cccc(Nc2nccc(C(=O)NCCCc3ccccc3)n2)c1. The van der Waals surface area contributed by atoms with Crippen LogP contribution in [0.15, 0.2) is 66.9 Å². The minimum absolute atomic E-state index is 0.149. The molecule has 29 heavy (non-hydrogen) atoms. The Kier molecular flexibility index (Phi) is 6.89. The summed E-state index contributed by atoms with van der Waals surface area (Å²) in [4.78, 5) is 32.0. The number of aryl methyl sites for hydroxylation is 1. The van der Waals surface area contributed by atoms with Crippen LogP contribution in [-0.4, -0.2) is 28.3 Å². The molecule has 148 valence electrons. The molecule has 0 saturated carbocycles. The smallest absolute Gasteiger partial charge is 0.270 e. The summed E-state index contributed by atoms with van der Waals surface area (Å²) in [5, 5.41) is 8.65. The fourth-order valence-corrected chi connectivity index (χ4v) is 2.78. The highest BCUT2D eigenvalue weighted by Crippen LogP contribution is 2.18. The van der Waals surface area contributed by atoms with Crippen LogP contribution in [-0.2, 0) is 11.2 Å². The minimum atomic E-state index is -0.240. The summed E-state index contributed by atoms with van der Waals surface area (Å²) in [6.45, 7) is 2.02. The van der Waals surface area contributed by atoms with Gasteiger partial charge in [-0.3, -0.25) is 9.59 Å². The summed E-state index contributed by atoms with van der Waals surface area (Å²) < 4.78 is 0. The highest BCUT2D eigenvalue weighted by Gasteiger charge is 2.09. The van der Waals surface area contributed by atoms with Crippen LogP contribution in [0, 0.1) is 0 Å². The molecule has 0 atom stereocenters. The summed E-state index contributed by atoms with van der Waals surface area (Å²) in [5.74, 6) is -0.0817. The van der Waals surface area contributed by atoms with Gasteiger partial charge in [-0.1, -0.05) is 36.4 Å². The van der Waals surface area contributed by atoms with E-state index in [2.05, 4.69) is 38.1 Å². The molecule has 0 fully saturated rings. The quantitative estimate of drug-likeness (QED) is 0.512. The summed E-state index contributed by atoms with van der Waals surface area (Å²) in [6, 6.07) is 18.9. The van der Waals surface area contributed by atoms with Gasteiger partial charge in [0.2, 0.25) is 11.9 Å². The monoisotopic (exact) mass is 389 g/mol. The summed E-state index contributed by atoms with van der Waals surface area (Å²) in [5.41, 5.74) is 2.91. The van der Waals surface area contributed by atoms with Gasteiger partial charge in [0.15, 0.2) is 0 Å². The molecule has 7 nitrogen and oxygen atoms in total. The molecule has 0 aliphatic heterocycles. The van der Waals surface area contributed by atoms with Crippen LogP contribution in [0.3, 0.4) is 0 Å². The molecule has 0 aliphatic carbocycles. The van der Waals surface area contributed by atoms with Gasteiger partial charge in [-0.05, 0) is 42.7 Å². The van der Waals surface area contributed by atoms with Gasteiger partial charge in [0, 0.05) is 31.0 Å². The van der Waals surface area contributed by atoms with Crippen LogP contribution >= 0.6 is 0 Å². The van der Waals surface area contributed by atoms with Crippen LogP contribution < -0.4 is 16.0 Å². The van der Waals surface area contributed by atoms with E-state index >= 15 is 0 Å². The van der Waals surface area contributed by atoms with Crippen molar-refractivity contribution in [1.29, 1.82) is 0 Å². The molecule has 3 N–H and O–H groups in total. The van der Waals surface area contributed by atoms with Crippen LogP contribution in [0.25, 0.3) is 0 Å². The molecule has 0 spiro atoms. The van der Waals surface area contributed by atoms with Gasteiger partial charge in [-0.25, -0.2) is 9.97 Å². The fraction of sp³-hybridized carbons (Fsp3) is 0.182. The van der Waals surface area contributed by atoms with Gasteiger partial charge in [-0.15, -0.1) is 0 Å². The molecule has 3 aromatic rings. The molecule has 0 saturated heterocycles. The third kappa shape index (κ3) is 6.42. The molecule has 0 radical (unpaired) electrons. The topological polar surface area (TPSA) is 96.0 Å². The first-order valence-electron chi connectivity index (χ1n) is 9.40. The number of hydrogen-bond acceptors (Lipinski definition) is 5. The third-order valence-corrected chi connectivity index (χ3v) is 4.10. The Labute approximate surface area is 169 Å². The summed E-state index contributed by atoms with van der Waals surface area (Å²) in [7, 11) is 0. The molecule has 2 amide bonds.